The molecule has 2 aromatic carbocycles. The summed E-state index contributed by atoms with van der Waals surface area (Å²) in [6.07, 6.45) is 1.99. The Hall–Kier alpha value is -2.93. The lowest BCUT2D eigenvalue weighted by molar-refractivity contribution is -0.143. The van der Waals surface area contributed by atoms with E-state index in [9.17, 15) is 4.79 Å². The SMILES string of the molecule is CCOC(=O)CCN1CCc2cc(OC)c(OC)cc2C1Cc1ccc(OC)c(OC)c1. The zero-order chi connectivity index (χ0) is 23.1. The molecule has 3 rings (SSSR count). The van der Waals surface area contributed by atoms with E-state index in [0.717, 1.165) is 30.7 Å². The maximum Gasteiger partial charge on any atom is 0.307 e. The van der Waals surface area contributed by atoms with Gasteiger partial charge in [0, 0.05) is 19.1 Å². The minimum atomic E-state index is -0.171. The number of rotatable bonds is 10. The predicted octanol–water partition coefficient (Wildman–Crippen LogP) is 3.82. The summed E-state index contributed by atoms with van der Waals surface area (Å²) in [5, 5.41) is 0. The maximum atomic E-state index is 12.0. The van der Waals surface area contributed by atoms with E-state index in [-0.39, 0.29) is 12.0 Å². The van der Waals surface area contributed by atoms with Crippen LogP contribution in [0.3, 0.4) is 0 Å². The molecule has 0 aromatic heterocycles. The minimum Gasteiger partial charge on any atom is -0.493 e. The van der Waals surface area contributed by atoms with Crippen LogP contribution in [0.4, 0.5) is 0 Å². The van der Waals surface area contributed by atoms with Crippen molar-refractivity contribution in [2.45, 2.75) is 32.2 Å². The average molecular weight is 444 g/mol. The first kappa shape index (κ1) is 23.7. The van der Waals surface area contributed by atoms with Crippen molar-refractivity contribution < 1.29 is 28.5 Å². The normalized spacial score (nSPS) is 15.6. The lowest BCUT2D eigenvalue weighted by Crippen LogP contribution is -2.38. The van der Waals surface area contributed by atoms with E-state index in [0.29, 0.717) is 36.8 Å². The molecular formula is C25H33NO6. The van der Waals surface area contributed by atoms with Gasteiger partial charge in [0.2, 0.25) is 0 Å². The van der Waals surface area contributed by atoms with Gasteiger partial charge in [0.25, 0.3) is 0 Å². The van der Waals surface area contributed by atoms with Gasteiger partial charge in [-0.1, -0.05) is 6.07 Å². The standard InChI is InChI=1S/C25H33NO6/c1-6-32-25(27)10-12-26-11-9-18-15-23(30-4)24(31-5)16-19(18)20(26)13-17-7-8-21(28-2)22(14-17)29-3/h7-8,14-16,20H,6,9-13H2,1-5H3. The van der Waals surface area contributed by atoms with Crippen LogP contribution in [0.2, 0.25) is 0 Å². The first-order valence-corrected chi connectivity index (χ1v) is 10.9. The first-order valence-electron chi connectivity index (χ1n) is 10.9. The van der Waals surface area contributed by atoms with Gasteiger partial charge in [-0.3, -0.25) is 9.69 Å². The van der Waals surface area contributed by atoms with Gasteiger partial charge < -0.3 is 23.7 Å². The van der Waals surface area contributed by atoms with Crippen molar-refractivity contribution >= 4 is 5.97 Å². The molecule has 1 atom stereocenters. The summed E-state index contributed by atoms with van der Waals surface area (Å²) in [6.45, 7) is 3.70. The molecule has 7 nitrogen and oxygen atoms in total. The molecule has 174 valence electrons. The quantitative estimate of drug-likeness (QED) is 0.517. The first-order chi connectivity index (χ1) is 15.5. The van der Waals surface area contributed by atoms with Gasteiger partial charge >= 0.3 is 5.97 Å². The summed E-state index contributed by atoms with van der Waals surface area (Å²) in [4.78, 5) is 14.4. The van der Waals surface area contributed by atoms with E-state index in [2.05, 4.69) is 23.1 Å². The molecule has 0 bridgehead atoms. The second-order valence-corrected chi connectivity index (χ2v) is 7.66. The van der Waals surface area contributed by atoms with Crippen molar-refractivity contribution in [3.05, 3.63) is 47.0 Å². The molecule has 1 heterocycles. The molecule has 32 heavy (non-hydrogen) atoms. The lowest BCUT2D eigenvalue weighted by Gasteiger charge is -2.38. The van der Waals surface area contributed by atoms with Crippen LogP contribution in [0.1, 0.15) is 36.1 Å². The Morgan fingerprint density at radius 2 is 1.59 bits per heavy atom. The van der Waals surface area contributed by atoms with Gasteiger partial charge in [0.15, 0.2) is 23.0 Å². The fourth-order valence-electron chi connectivity index (χ4n) is 4.29. The highest BCUT2D eigenvalue weighted by molar-refractivity contribution is 5.69. The third kappa shape index (κ3) is 5.27. The van der Waals surface area contributed by atoms with E-state index in [1.165, 1.54) is 11.1 Å². The van der Waals surface area contributed by atoms with Crippen molar-refractivity contribution in [2.24, 2.45) is 0 Å². The number of nitrogens with zero attached hydrogens (tertiary/aromatic N) is 1. The number of hydrogen-bond donors (Lipinski definition) is 0. The minimum absolute atomic E-state index is 0.0751. The number of ether oxygens (including phenoxy) is 5. The van der Waals surface area contributed by atoms with Crippen LogP contribution in [-0.2, 0) is 22.4 Å². The second kappa shape index (κ2) is 11.1. The Bertz CT molecular complexity index is 929. The van der Waals surface area contributed by atoms with E-state index < -0.39 is 0 Å². The molecule has 2 aromatic rings. The van der Waals surface area contributed by atoms with Crippen LogP contribution in [-0.4, -0.2) is 59.0 Å². The molecule has 0 spiro atoms. The van der Waals surface area contributed by atoms with Crippen LogP contribution in [0.15, 0.2) is 30.3 Å². The Morgan fingerprint density at radius 3 is 2.25 bits per heavy atom. The van der Waals surface area contributed by atoms with E-state index >= 15 is 0 Å². The van der Waals surface area contributed by atoms with Crippen LogP contribution < -0.4 is 18.9 Å². The highest BCUT2D eigenvalue weighted by Crippen LogP contribution is 2.40. The van der Waals surface area contributed by atoms with Crippen molar-refractivity contribution in [3.8, 4) is 23.0 Å². The number of esters is 1. The summed E-state index contributed by atoms with van der Waals surface area (Å²) >= 11 is 0. The molecule has 0 aliphatic carbocycles. The fourth-order valence-corrected chi connectivity index (χ4v) is 4.29. The van der Waals surface area contributed by atoms with Crippen LogP contribution in [0.5, 0.6) is 23.0 Å². The van der Waals surface area contributed by atoms with Gasteiger partial charge in [-0.2, -0.15) is 0 Å². The van der Waals surface area contributed by atoms with Crippen LogP contribution >= 0.6 is 0 Å². The largest absolute Gasteiger partial charge is 0.493 e. The number of carbonyl (C=O) groups excluding carboxylic acids is 1. The summed E-state index contributed by atoms with van der Waals surface area (Å²) in [7, 11) is 6.57. The number of fused-ring (bicyclic) bond motifs is 1. The highest BCUT2D eigenvalue weighted by atomic mass is 16.5. The Balaban J connectivity index is 1.95. The van der Waals surface area contributed by atoms with Crippen molar-refractivity contribution in [1.29, 1.82) is 0 Å². The van der Waals surface area contributed by atoms with E-state index in [4.69, 9.17) is 23.7 Å². The lowest BCUT2D eigenvalue weighted by atomic mass is 9.88. The van der Waals surface area contributed by atoms with Crippen molar-refractivity contribution in [2.75, 3.05) is 48.1 Å². The monoisotopic (exact) mass is 443 g/mol. The number of benzene rings is 2. The molecule has 0 N–H and O–H groups in total. The summed E-state index contributed by atoms with van der Waals surface area (Å²) < 4.78 is 27.1. The van der Waals surface area contributed by atoms with Gasteiger partial charge in [-0.25, -0.2) is 0 Å². The predicted molar refractivity (Wildman–Crippen MR) is 122 cm³/mol. The average Bonchev–Trinajstić information content (AvgIpc) is 2.82. The number of methoxy groups -OCH3 is 4. The molecule has 0 radical (unpaired) electrons. The third-order valence-electron chi connectivity index (χ3n) is 5.90. The molecule has 0 saturated heterocycles. The number of carbonyl (C=O) groups is 1. The highest BCUT2D eigenvalue weighted by Gasteiger charge is 2.30. The number of hydrogen-bond acceptors (Lipinski definition) is 7. The van der Waals surface area contributed by atoms with E-state index in [1.54, 1.807) is 28.4 Å². The fraction of sp³-hybridized carbons (Fsp3) is 0.480. The van der Waals surface area contributed by atoms with Gasteiger partial charge in [-0.15, -0.1) is 0 Å². The van der Waals surface area contributed by atoms with Gasteiger partial charge in [0.1, 0.15) is 0 Å². The molecule has 1 aliphatic rings. The van der Waals surface area contributed by atoms with Gasteiger partial charge in [0.05, 0.1) is 41.5 Å². The van der Waals surface area contributed by atoms with Crippen LogP contribution in [0, 0.1) is 0 Å². The molecule has 7 heteroatoms. The Morgan fingerprint density at radius 1 is 0.938 bits per heavy atom. The Kier molecular flexibility index (Phi) is 8.22. The smallest absolute Gasteiger partial charge is 0.307 e. The summed E-state index contributed by atoms with van der Waals surface area (Å²) in [5.74, 6) is 2.67. The summed E-state index contributed by atoms with van der Waals surface area (Å²) in [6, 6.07) is 10.2. The molecule has 1 aliphatic heterocycles. The zero-order valence-electron chi connectivity index (χ0n) is 19.6. The maximum absolute atomic E-state index is 12.0. The molecule has 0 fully saturated rings. The molecule has 1 unspecified atom stereocenters. The Labute approximate surface area is 190 Å². The molecule has 0 saturated carbocycles. The van der Waals surface area contributed by atoms with E-state index in [1.807, 2.05) is 19.1 Å². The third-order valence-corrected chi connectivity index (χ3v) is 5.90. The molecule has 0 amide bonds. The topological polar surface area (TPSA) is 66.5 Å². The van der Waals surface area contributed by atoms with Crippen LogP contribution in [0.25, 0.3) is 0 Å². The van der Waals surface area contributed by atoms with Crippen molar-refractivity contribution in [3.63, 3.8) is 0 Å². The van der Waals surface area contributed by atoms with Gasteiger partial charge in [-0.05, 0) is 60.7 Å². The summed E-state index contributed by atoms with van der Waals surface area (Å²) in [5.41, 5.74) is 3.55. The van der Waals surface area contributed by atoms with Crippen molar-refractivity contribution in [1.82, 2.24) is 4.90 Å². The second-order valence-electron chi connectivity index (χ2n) is 7.66. The molecular weight excluding hydrogens is 410 g/mol. The zero-order valence-corrected chi connectivity index (χ0v) is 19.6.